The molecule has 0 aromatic heterocycles. The molecule has 0 amide bonds. The number of carboxylic acids is 1. The van der Waals surface area contributed by atoms with Crippen molar-refractivity contribution in [3.63, 3.8) is 0 Å². The first-order chi connectivity index (χ1) is 12.1. The Bertz CT molecular complexity index is 1160. The zero-order valence-corrected chi connectivity index (χ0v) is 15.7. The first-order valence-electron chi connectivity index (χ1n) is 7.44. The topological polar surface area (TPSA) is 83.8 Å². The van der Waals surface area contributed by atoms with Crippen molar-refractivity contribution in [1.29, 1.82) is 0 Å². The third-order valence-corrected chi connectivity index (χ3v) is 6.57. The maximum atomic E-state index is 14.6. The molecule has 9 heteroatoms. The maximum absolute atomic E-state index is 14.6. The zero-order valence-electron chi connectivity index (χ0n) is 13.3. The van der Waals surface area contributed by atoms with Gasteiger partial charge >= 0.3 is 5.97 Å². The number of nitrogens with zero attached hydrogens (tertiary/aromatic N) is 1. The van der Waals surface area contributed by atoms with Crippen LogP contribution in [0.5, 0.6) is 0 Å². The summed E-state index contributed by atoms with van der Waals surface area (Å²) in [4.78, 5) is 14.5. The van der Waals surface area contributed by atoms with Crippen molar-refractivity contribution in [2.45, 2.75) is 29.2 Å². The molecular formula is C17H12Cl2FNO4S. The van der Waals surface area contributed by atoms with Crippen LogP contribution in [0.1, 0.15) is 13.3 Å². The van der Waals surface area contributed by atoms with Gasteiger partial charge in [-0.2, -0.15) is 0 Å². The number of carboxylic acid groups (broad SMARTS) is 1. The first kappa shape index (κ1) is 18.8. The smallest absolute Gasteiger partial charge is 0.307 e. The molecule has 1 unspecified atom stereocenters. The number of benzene rings is 2. The molecule has 136 valence electrons. The lowest BCUT2D eigenvalue weighted by atomic mass is 10.0. The van der Waals surface area contributed by atoms with Crippen LogP contribution in [0.3, 0.4) is 0 Å². The molecule has 0 radical (unpaired) electrons. The van der Waals surface area contributed by atoms with Crippen molar-refractivity contribution < 1.29 is 22.7 Å². The van der Waals surface area contributed by atoms with Crippen LogP contribution < -0.4 is 10.6 Å². The molecule has 2 aromatic rings. The zero-order chi connectivity index (χ0) is 19.2. The molecule has 26 heavy (non-hydrogen) atoms. The lowest BCUT2D eigenvalue weighted by Gasteiger charge is -2.10. The van der Waals surface area contributed by atoms with Crippen molar-refractivity contribution in [2.24, 2.45) is 4.99 Å². The molecule has 1 heterocycles. The quantitative estimate of drug-likeness (QED) is 0.831. The molecule has 1 atom stereocenters. The molecule has 2 aromatic carbocycles. The third kappa shape index (κ3) is 3.11. The maximum Gasteiger partial charge on any atom is 0.307 e. The summed E-state index contributed by atoms with van der Waals surface area (Å²) in [5, 5.41) is 9.43. The first-order valence-corrected chi connectivity index (χ1v) is 9.68. The van der Waals surface area contributed by atoms with Gasteiger partial charge in [-0.05, 0) is 42.8 Å². The average Bonchev–Trinajstić information content (AvgIpc) is 2.82. The number of hydrogen-bond donors (Lipinski definition) is 1. The summed E-state index contributed by atoms with van der Waals surface area (Å²) < 4.78 is 40.9. The molecule has 0 aliphatic carbocycles. The molecule has 5 nitrogen and oxygen atoms in total. The summed E-state index contributed by atoms with van der Waals surface area (Å²) in [6.07, 6.45) is -0.446. The standard InChI is InChI=1S/C17H12Cl2FNO4S/c1-8-10(7-15(22)23)16-13(21-8)4-3-12(20)17(16)26(24,25)14-5-2-9(18)6-11(14)19/h2-6,8H,7H2,1H3,(H,22,23). The summed E-state index contributed by atoms with van der Waals surface area (Å²) in [5.74, 6) is -2.16. The Morgan fingerprint density at radius 2 is 1.96 bits per heavy atom. The van der Waals surface area contributed by atoms with E-state index in [-0.39, 0.29) is 31.1 Å². The van der Waals surface area contributed by atoms with Crippen molar-refractivity contribution in [2.75, 3.05) is 0 Å². The minimum Gasteiger partial charge on any atom is -0.481 e. The second-order valence-electron chi connectivity index (χ2n) is 5.75. The summed E-state index contributed by atoms with van der Waals surface area (Å²) in [6, 6.07) is 5.51. The molecule has 1 N–H and O–H groups in total. The highest BCUT2D eigenvalue weighted by Gasteiger charge is 2.30. The Morgan fingerprint density at radius 3 is 2.58 bits per heavy atom. The predicted molar refractivity (Wildman–Crippen MR) is 94.2 cm³/mol. The normalized spacial score (nSPS) is 16.3. The fraction of sp³-hybridized carbons (Fsp3) is 0.176. The SMILES string of the molecule is CC1N=c2ccc(F)c(S(=O)(=O)c3ccc(Cl)cc3Cl)c2=C1CC(=O)O. The van der Waals surface area contributed by atoms with Crippen molar-refractivity contribution in [1.82, 2.24) is 0 Å². The van der Waals surface area contributed by atoms with Gasteiger partial charge in [-0.15, -0.1) is 0 Å². The lowest BCUT2D eigenvalue weighted by Crippen LogP contribution is -2.32. The predicted octanol–water partition coefficient (Wildman–Crippen LogP) is 2.61. The monoisotopic (exact) mass is 415 g/mol. The summed E-state index contributed by atoms with van der Waals surface area (Å²) in [7, 11) is -4.37. The molecule has 0 spiro atoms. The van der Waals surface area contributed by atoms with E-state index >= 15 is 0 Å². The number of sulfone groups is 1. The van der Waals surface area contributed by atoms with Crippen LogP contribution in [-0.4, -0.2) is 25.5 Å². The van der Waals surface area contributed by atoms with E-state index in [4.69, 9.17) is 28.3 Å². The van der Waals surface area contributed by atoms with E-state index in [0.29, 0.717) is 0 Å². The van der Waals surface area contributed by atoms with E-state index < -0.39 is 39.0 Å². The van der Waals surface area contributed by atoms with Gasteiger partial charge in [0.05, 0.1) is 27.7 Å². The van der Waals surface area contributed by atoms with E-state index in [1.54, 1.807) is 6.92 Å². The van der Waals surface area contributed by atoms with Gasteiger partial charge in [0.2, 0.25) is 9.84 Å². The summed E-state index contributed by atoms with van der Waals surface area (Å²) >= 11 is 11.8. The molecule has 0 fully saturated rings. The average molecular weight is 416 g/mol. The van der Waals surface area contributed by atoms with Gasteiger partial charge in [0.1, 0.15) is 10.7 Å². The Hall–Kier alpha value is -1.96. The summed E-state index contributed by atoms with van der Waals surface area (Å²) in [6.45, 7) is 1.63. The largest absolute Gasteiger partial charge is 0.481 e. The lowest BCUT2D eigenvalue weighted by molar-refractivity contribution is -0.135. The number of carbonyl (C=O) groups is 1. The van der Waals surface area contributed by atoms with Crippen LogP contribution in [0.15, 0.2) is 45.1 Å². The van der Waals surface area contributed by atoms with Gasteiger partial charge in [0.15, 0.2) is 0 Å². The molecule has 1 aliphatic heterocycles. The van der Waals surface area contributed by atoms with Crippen LogP contribution >= 0.6 is 23.2 Å². The summed E-state index contributed by atoms with van der Waals surface area (Å²) in [5.41, 5.74) is 0.232. The number of fused-ring (bicyclic) bond motifs is 1. The van der Waals surface area contributed by atoms with Gasteiger partial charge in [0.25, 0.3) is 0 Å². The Morgan fingerprint density at radius 1 is 1.27 bits per heavy atom. The minimum atomic E-state index is -4.37. The van der Waals surface area contributed by atoms with Crippen LogP contribution in [-0.2, 0) is 14.6 Å². The minimum absolute atomic E-state index is 0.00841. The number of aliphatic carboxylic acids is 1. The Kier molecular flexibility index (Phi) is 4.81. The highest BCUT2D eigenvalue weighted by Crippen LogP contribution is 2.30. The molecule has 1 aliphatic rings. The van der Waals surface area contributed by atoms with E-state index in [2.05, 4.69) is 4.99 Å². The Balaban J connectivity index is 2.41. The molecule has 0 saturated heterocycles. The second-order valence-corrected chi connectivity index (χ2v) is 8.45. The number of rotatable bonds is 4. The molecule has 0 saturated carbocycles. The van der Waals surface area contributed by atoms with Crippen LogP contribution in [0, 0.1) is 5.82 Å². The van der Waals surface area contributed by atoms with E-state index in [9.17, 15) is 17.6 Å². The van der Waals surface area contributed by atoms with Crippen LogP contribution in [0.4, 0.5) is 4.39 Å². The van der Waals surface area contributed by atoms with E-state index in [1.807, 2.05) is 0 Å². The number of hydrogen-bond acceptors (Lipinski definition) is 4. The molecule has 3 rings (SSSR count). The fourth-order valence-corrected chi connectivity index (χ4v) is 5.25. The fourth-order valence-electron chi connectivity index (χ4n) is 2.93. The van der Waals surface area contributed by atoms with Crippen LogP contribution in [0.25, 0.3) is 5.57 Å². The van der Waals surface area contributed by atoms with Gasteiger partial charge in [-0.1, -0.05) is 23.2 Å². The Labute approximate surface area is 158 Å². The van der Waals surface area contributed by atoms with E-state index in [1.165, 1.54) is 24.3 Å². The van der Waals surface area contributed by atoms with Gasteiger partial charge < -0.3 is 5.11 Å². The van der Waals surface area contributed by atoms with Gasteiger partial charge in [-0.3, -0.25) is 9.79 Å². The van der Waals surface area contributed by atoms with Gasteiger partial charge in [0, 0.05) is 10.2 Å². The van der Waals surface area contributed by atoms with Crippen molar-refractivity contribution >= 4 is 44.6 Å². The highest BCUT2D eigenvalue weighted by atomic mass is 35.5. The highest BCUT2D eigenvalue weighted by molar-refractivity contribution is 7.91. The van der Waals surface area contributed by atoms with Crippen molar-refractivity contribution in [3.05, 3.63) is 56.8 Å². The second kappa shape index (κ2) is 6.64. The van der Waals surface area contributed by atoms with Crippen LogP contribution in [0.2, 0.25) is 10.0 Å². The molecule has 0 bridgehead atoms. The van der Waals surface area contributed by atoms with E-state index in [0.717, 1.165) is 6.07 Å². The van der Waals surface area contributed by atoms with Crippen molar-refractivity contribution in [3.8, 4) is 0 Å². The van der Waals surface area contributed by atoms with Gasteiger partial charge in [-0.25, -0.2) is 12.8 Å². The number of halogens is 3. The molecular weight excluding hydrogens is 404 g/mol. The third-order valence-electron chi connectivity index (χ3n) is 4.04.